The zero-order valence-electron chi connectivity index (χ0n) is 15.4. The van der Waals surface area contributed by atoms with E-state index >= 15 is 0 Å². The van der Waals surface area contributed by atoms with Gasteiger partial charge < -0.3 is 9.88 Å². The summed E-state index contributed by atoms with van der Waals surface area (Å²) in [5.41, 5.74) is 3.53. The van der Waals surface area contributed by atoms with Crippen LogP contribution in [0, 0.1) is 19.7 Å². The van der Waals surface area contributed by atoms with Crippen LogP contribution in [0.4, 0.5) is 10.1 Å². The SMILES string of the molecule is CC(=O)c1ccc(N2CCN(CC(=O)c3cc(C)[nH]c3C)CC2)c(F)c1. The van der Waals surface area contributed by atoms with Crippen molar-refractivity contribution in [1.82, 2.24) is 9.88 Å². The molecule has 1 N–H and O–H groups in total. The minimum Gasteiger partial charge on any atom is -0.367 e. The number of aromatic nitrogens is 1. The first-order valence-corrected chi connectivity index (χ1v) is 8.82. The number of ketones is 2. The first kappa shape index (κ1) is 18.3. The monoisotopic (exact) mass is 357 g/mol. The molecule has 6 heteroatoms. The second-order valence-corrected chi connectivity index (χ2v) is 6.90. The van der Waals surface area contributed by atoms with E-state index in [9.17, 15) is 14.0 Å². The Morgan fingerprint density at radius 3 is 2.35 bits per heavy atom. The van der Waals surface area contributed by atoms with Gasteiger partial charge in [-0.05, 0) is 45.0 Å². The second-order valence-electron chi connectivity index (χ2n) is 6.90. The lowest BCUT2D eigenvalue weighted by Crippen LogP contribution is -2.48. The van der Waals surface area contributed by atoms with Gasteiger partial charge in [-0.15, -0.1) is 0 Å². The Morgan fingerprint density at radius 1 is 1.12 bits per heavy atom. The van der Waals surface area contributed by atoms with Crippen LogP contribution in [0.5, 0.6) is 0 Å². The number of aromatic amines is 1. The number of aryl methyl sites for hydroxylation is 2. The van der Waals surface area contributed by atoms with Crippen LogP contribution >= 0.6 is 0 Å². The van der Waals surface area contributed by atoms with Crippen LogP contribution in [0.1, 0.15) is 39.0 Å². The van der Waals surface area contributed by atoms with Crippen LogP contribution < -0.4 is 4.90 Å². The number of rotatable bonds is 5. The Kier molecular flexibility index (Phi) is 5.23. The summed E-state index contributed by atoms with van der Waals surface area (Å²) in [4.78, 5) is 31.1. The molecule has 0 radical (unpaired) electrons. The fourth-order valence-electron chi connectivity index (χ4n) is 3.43. The topological polar surface area (TPSA) is 56.4 Å². The number of hydrogen-bond acceptors (Lipinski definition) is 4. The van der Waals surface area contributed by atoms with E-state index in [1.165, 1.54) is 13.0 Å². The highest BCUT2D eigenvalue weighted by Gasteiger charge is 2.22. The summed E-state index contributed by atoms with van der Waals surface area (Å²) >= 11 is 0. The maximum atomic E-state index is 14.3. The lowest BCUT2D eigenvalue weighted by molar-refractivity contribution is 0.0925. The number of carbonyl (C=O) groups is 2. The van der Waals surface area contributed by atoms with E-state index in [1.807, 2.05) is 24.8 Å². The van der Waals surface area contributed by atoms with Gasteiger partial charge in [-0.3, -0.25) is 14.5 Å². The van der Waals surface area contributed by atoms with Crippen LogP contribution in [-0.2, 0) is 0 Å². The van der Waals surface area contributed by atoms with Crippen molar-refractivity contribution < 1.29 is 14.0 Å². The fraction of sp³-hybridized carbons (Fsp3) is 0.400. The maximum Gasteiger partial charge on any atom is 0.178 e. The lowest BCUT2D eigenvalue weighted by atomic mass is 10.1. The molecule has 0 spiro atoms. The van der Waals surface area contributed by atoms with Gasteiger partial charge in [0.15, 0.2) is 11.6 Å². The van der Waals surface area contributed by atoms with E-state index in [0.717, 1.165) is 17.0 Å². The lowest BCUT2D eigenvalue weighted by Gasteiger charge is -2.35. The van der Waals surface area contributed by atoms with Crippen molar-refractivity contribution in [2.75, 3.05) is 37.6 Å². The molecule has 0 amide bonds. The molecule has 1 saturated heterocycles. The van der Waals surface area contributed by atoms with Crippen LogP contribution in [-0.4, -0.2) is 54.2 Å². The molecule has 3 rings (SSSR count). The average Bonchev–Trinajstić information content (AvgIpc) is 2.94. The van der Waals surface area contributed by atoms with Gasteiger partial charge in [0, 0.05) is 48.7 Å². The van der Waals surface area contributed by atoms with Crippen molar-refractivity contribution in [1.29, 1.82) is 0 Å². The molecule has 1 fully saturated rings. The Labute approximate surface area is 152 Å². The number of benzene rings is 1. The molecule has 5 nitrogen and oxygen atoms in total. The summed E-state index contributed by atoms with van der Waals surface area (Å²) in [6.45, 7) is 8.34. The standard InChI is InChI=1S/C20H24FN3O2/c1-13-10-17(14(2)22-13)20(26)12-23-6-8-24(9-7-23)19-5-4-16(15(3)25)11-18(19)21/h4-5,10-11,22H,6-9,12H2,1-3H3. The molecule has 1 aliphatic rings. The summed E-state index contributed by atoms with van der Waals surface area (Å²) in [6, 6.07) is 6.51. The molecule has 1 aliphatic heterocycles. The first-order valence-electron chi connectivity index (χ1n) is 8.82. The summed E-state index contributed by atoms with van der Waals surface area (Å²) < 4.78 is 14.3. The average molecular weight is 357 g/mol. The molecule has 0 aliphatic carbocycles. The van der Waals surface area contributed by atoms with Crippen molar-refractivity contribution in [3.05, 3.63) is 52.6 Å². The van der Waals surface area contributed by atoms with E-state index in [-0.39, 0.29) is 17.4 Å². The Bertz CT molecular complexity index is 836. The summed E-state index contributed by atoms with van der Waals surface area (Å²) in [5, 5.41) is 0. The van der Waals surface area contributed by atoms with Gasteiger partial charge in [0.05, 0.1) is 12.2 Å². The summed E-state index contributed by atoms with van der Waals surface area (Å²) in [6.07, 6.45) is 0. The fourth-order valence-corrected chi connectivity index (χ4v) is 3.43. The molecule has 138 valence electrons. The zero-order chi connectivity index (χ0) is 18.8. The second kappa shape index (κ2) is 7.41. The normalized spacial score (nSPS) is 15.3. The van der Waals surface area contributed by atoms with Crippen molar-refractivity contribution in [3.8, 4) is 0 Å². The number of carbonyl (C=O) groups excluding carboxylic acids is 2. The largest absolute Gasteiger partial charge is 0.367 e. The number of anilines is 1. The molecular weight excluding hydrogens is 333 g/mol. The Morgan fingerprint density at radius 2 is 1.81 bits per heavy atom. The van der Waals surface area contributed by atoms with E-state index in [2.05, 4.69) is 9.88 Å². The van der Waals surface area contributed by atoms with Gasteiger partial charge in [-0.25, -0.2) is 4.39 Å². The van der Waals surface area contributed by atoms with E-state index in [1.54, 1.807) is 12.1 Å². The smallest absolute Gasteiger partial charge is 0.178 e. The molecule has 0 unspecified atom stereocenters. The van der Waals surface area contributed by atoms with Crippen LogP contribution in [0.2, 0.25) is 0 Å². The van der Waals surface area contributed by atoms with Gasteiger partial charge in [0.2, 0.25) is 0 Å². The van der Waals surface area contributed by atoms with Crippen molar-refractivity contribution in [3.63, 3.8) is 0 Å². The van der Waals surface area contributed by atoms with Gasteiger partial charge in [-0.2, -0.15) is 0 Å². The third-order valence-electron chi connectivity index (χ3n) is 4.88. The van der Waals surface area contributed by atoms with Gasteiger partial charge in [0.1, 0.15) is 5.82 Å². The zero-order valence-corrected chi connectivity index (χ0v) is 15.4. The van der Waals surface area contributed by atoms with Crippen molar-refractivity contribution >= 4 is 17.3 Å². The highest BCUT2D eigenvalue weighted by molar-refractivity contribution is 5.99. The van der Waals surface area contributed by atoms with Crippen molar-refractivity contribution in [2.24, 2.45) is 0 Å². The molecule has 2 aromatic rings. The summed E-state index contributed by atoms with van der Waals surface area (Å²) in [7, 11) is 0. The highest BCUT2D eigenvalue weighted by Crippen LogP contribution is 2.22. The van der Waals surface area contributed by atoms with E-state index in [0.29, 0.717) is 44.0 Å². The number of H-pyrrole nitrogens is 1. The third kappa shape index (κ3) is 3.85. The van der Waals surface area contributed by atoms with Gasteiger partial charge >= 0.3 is 0 Å². The van der Waals surface area contributed by atoms with Crippen LogP contribution in [0.15, 0.2) is 24.3 Å². The predicted octanol–water partition coefficient (Wildman–Crippen LogP) is 2.98. The quantitative estimate of drug-likeness (QED) is 0.836. The Hall–Kier alpha value is -2.47. The number of hydrogen-bond donors (Lipinski definition) is 1. The first-order chi connectivity index (χ1) is 12.3. The molecule has 2 heterocycles. The predicted molar refractivity (Wildman–Crippen MR) is 99.7 cm³/mol. The van der Waals surface area contributed by atoms with Gasteiger partial charge in [0.25, 0.3) is 0 Å². The molecule has 0 atom stereocenters. The number of piperazine rings is 1. The van der Waals surface area contributed by atoms with Crippen LogP contribution in [0.25, 0.3) is 0 Å². The maximum absolute atomic E-state index is 14.3. The number of Topliss-reactive ketones (excluding diaryl/α,β-unsaturated/α-hetero) is 2. The molecule has 1 aromatic heterocycles. The molecule has 0 saturated carbocycles. The summed E-state index contributed by atoms with van der Waals surface area (Å²) in [5.74, 6) is -0.410. The minimum absolute atomic E-state index is 0.109. The number of nitrogens with one attached hydrogen (secondary N) is 1. The molecule has 1 aromatic carbocycles. The molecular formula is C20H24FN3O2. The van der Waals surface area contributed by atoms with Crippen LogP contribution in [0.3, 0.4) is 0 Å². The number of halogens is 1. The van der Waals surface area contributed by atoms with Gasteiger partial charge in [-0.1, -0.05) is 0 Å². The Balaban J connectivity index is 1.60. The minimum atomic E-state index is -0.374. The third-order valence-corrected chi connectivity index (χ3v) is 4.88. The number of nitrogens with zero attached hydrogens (tertiary/aromatic N) is 2. The molecule has 0 bridgehead atoms. The van der Waals surface area contributed by atoms with E-state index < -0.39 is 0 Å². The highest BCUT2D eigenvalue weighted by atomic mass is 19.1. The van der Waals surface area contributed by atoms with Crippen molar-refractivity contribution in [2.45, 2.75) is 20.8 Å². The van der Waals surface area contributed by atoms with E-state index in [4.69, 9.17) is 0 Å². The molecule has 26 heavy (non-hydrogen) atoms.